The maximum Gasteiger partial charge on any atom is 0.345 e. The molecule has 1 aromatic carbocycles. The van der Waals surface area contributed by atoms with Gasteiger partial charge in [0.2, 0.25) is 0 Å². The van der Waals surface area contributed by atoms with E-state index in [4.69, 9.17) is 16.3 Å². The third-order valence-electron chi connectivity index (χ3n) is 4.21. The summed E-state index contributed by atoms with van der Waals surface area (Å²) in [4.78, 5) is 28.5. The van der Waals surface area contributed by atoms with Crippen LogP contribution in [0.2, 0.25) is 0 Å². The van der Waals surface area contributed by atoms with Crippen LogP contribution in [-0.4, -0.2) is 24.7 Å². The van der Waals surface area contributed by atoms with Crippen molar-refractivity contribution in [2.45, 2.75) is 13.0 Å². The lowest BCUT2D eigenvalue weighted by Crippen LogP contribution is -2.36. The molecule has 1 aromatic rings. The van der Waals surface area contributed by atoms with Crippen molar-refractivity contribution in [1.29, 1.82) is 0 Å². The number of rotatable bonds is 4. The third-order valence-corrected chi connectivity index (χ3v) is 4.47. The maximum atomic E-state index is 13.2. The Labute approximate surface area is 154 Å². The van der Waals surface area contributed by atoms with Gasteiger partial charge >= 0.3 is 5.97 Å². The lowest BCUT2D eigenvalue weighted by Gasteiger charge is -2.29. The van der Waals surface area contributed by atoms with Gasteiger partial charge in [-0.3, -0.25) is 4.79 Å². The first-order chi connectivity index (χ1) is 12.4. The number of halogens is 2. The number of nitrogens with one attached hydrogen (secondary N) is 1. The largest absolute Gasteiger partial charge is 0.465 e. The summed E-state index contributed by atoms with van der Waals surface area (Å²) in [5.41, 5.74) is 1.49. The van der Waals surface area contributed by atoms with Crippen LogP contribution in [0.4, 0.5) is 4.39 Å². The Morgan fingerprint density at radius 3 is 2.65 bits per heavy atom. The number of benzene rings is 1. The Bertz CT molecular complexity index is 885. The number of aliphatic imine (C=N–C) groups is 1. The average molecular weight is 375 g/mol. The molecule has 1 N–H and O–H groups in total. The van der Waals surface area contributed by atoms with Gasteiger partial charge in [-0.15, -0.1) is 0 Å². The van der Waals surface area contributed by atoms with Crippen molar-refractivity contribution in [3.63, 3.8) is 0 Å². The minimum Gasteiger partial charge on any atom is -0.465 e. The molecule has 0 saturated heterocycles. The van der Waals surface area contributed by atoms with Gasteiger partial charge in [0.15, 0.2) is 0 Å². The molecule has 1 aliphatic carbocycles. The molecule has 5 nitrogen and oxygen atoms in total. The Hall–Kier alpha value is -2.73. The Morgan fingerprint density at radius 1 is 1.31 bits per heavy atom. The van der Waals surface area contributed by atoms with Crippen LogP contribution in [0, 0.1) is 11.7 Å². The van der Waals surface area contributed by atoms with Crippen molar-refractivity contribution in [2.75, 3.05) is 7.11 Å². The first-order valence-electron chi connectivity index (χ1n) is 7.93. The number of allylic oxidation sites excluding steroid dienone is 4. The van der Waals surface area contributed by atoms with Crippen LogP contribution < -0.4 is 5.32 Å². The van der Waals surface area contributed by atoms with Crippen molar-refractivity contribution in [1.82, 2.24) is 5.32 Å². The molecule has 0 aromatic heterocycles. The molecule has 0 fully saturated rings. The topological polar surface area (TPSA) is 67.8 Å². The summed E-state index contributed by atoms with van der Waals surface area (Å²) in [7, 11) is 1.20. The zero-order valence-electron chi connectivity index (χ0n) is 14.1. The average Bonchev–Trinajstić information content (AvgIpc) is 2.62. The molecule has 1 aliphatic heterocycles. The van der Waals surface area contributed by atoms with E-state index in [-0.39, 0.29) is 17.4 Å². The van der Waals surface area contributed by atoms with Crippen LogP contribution in [0.5, 0.6) is 0 Å². The van der Waals surface area contributed by atoms with E-state index >= 15 is 0 Å². The number of methoxy groups -OCH3 is 1. The number of esters is 1. The van der Waals surface area contributed by atoms with Crippen LogP contribution in [0.1, 0.15) is 18.5 Å². The van der Waals surface area contributed by atoms with Crippen LogP contribution in [0.15, 0.2) is 63.8 Å². The van der Waals surface area contributed by atoms with Crippen molar-refractivity contribution >= 4 is 29.2 Å². The Kier molecular flexibility index (Phi) is 5.04. The van der Waals surface area contributed by atoms with Crippen LogP contribution in [0.25, 0.3) is 0 Å². The molecule has 2 unspecified atom stereocenters. The molecule has 3 rings (SSSR count). The number of dihydropyridines is 1. The summed E-state index contributed by atoms with van der Waals surface area (Å²) in [6.07, 6.45) is 4.98. The number of fused-ring (bicyclic) bond motifs is 1. The number of carbonyl (C=O) groups is 2. The van der Waals surface area contributed by atoms with Crippen LogP contribution in [-0.2, 0) is 14.3 Å². The standard InChI is InChI=1S/C19H16ClFN2O3/c1-10(11-3-6-13(21)7-4-11)22-17-14-9-12(20)5-8-15(14)23-18(24)16(17)19(25)26-2/h3-10,14,22H,1-2H3. The van der Waals surface area contributed by atoms with Gasteiger partial charge in [0, 0.05) is 16.8 Å². The minimum atomic E-state index is -0.773. The van der Waals surface area contributed by atoms with E-state index in [1.54, 1.807) is 30.4 Å². The van der Waals surface area contributed by atoms with Crippen molar-refractivity contribution < 1.29 is 18.7 Å². The van der Waals surface area contributed by atoms with E-state index in [0.29, 0.717) is 16.4 Å². The van der Waals surface area contributed by atoms with E-state index < -0.39 is 17.8 Å². The molecule has 134 valence electrons. The third kappa shape index (κ3) is 3.46. The summed E-state index contributed by atoms with van der Waals surface area (Å²) in [5.74, 6) is -2.26. The van der Waals surface area contributed by atoms with Gasteiger partial charge in [0.1, 0.15) is 11.4 Å². The Morgan fingerprint density at radius 2 is 2.00 bits per heavy atom. The summed E-state index contributed by atoms with van der Waals surface area (Å²) < 4.78 is 17.9. The van der Waals surface area contributed by atoms with Gasteiger partial charge in [-0.2, -0.15) is 0 Å². The molecule has 1 heterocycles. The van der Waals surface area contributed by atoms with Crippen LogP contribution in [0.3, 0.4) is 0 Å². The molecule has 0 bridgehead atoms. The highest BCUT2D eigenvalue weighted by Gasteiger charge is 2.36. The van der Waals surface area contributed by atoms with E-state index in [1.807, 2.05) is 6.92 Å². The van der Waals surface area contributed by atoms with Gasteiger partial charge in [-0.05, 0) is 36.8 Å². The predicted molar refractivity (Wildman–Crippen MR) is 96.0 cm³/mol. The first-order valence-corrected chi connectivity index (χ1v) is 8.31. The van der Waals surface area contributed by atoms with E-state index in [9.17, 15) is 14.0 Å². The first kappa shape index (κ1) is 18.1. The summed E-state index contributed by atoms with van der Waals surface area (Å²) in [5, 5.41) is 3.66. The van der Waals surface area contributed by atoms with Gasteiger partial charge in [0.25, 0.3) is 5.91 Å². The second kappa shape index (κ2) is 7.25. The smallest absolute Gasteiger partial charge is 0.345 e. The fraction of sp³-hybridized carbons (Fsp3) is 0.211. The number of carbonyl (C=O) groups excluding carboxylic acids is 2. The molecule has 2 aliphatic rings. The number of nitrogens with zero attached hydrogens (tertiary/aromatic N) is 1. The lowest BCUT2D eigenvalue weighted by atomic mass is 9.88. The summed E-state index contributed by atoms with van der Waals surface area (Å²) in [6.45, 7) is 1.84. The van der Waals surface area contributed by atoms with Crippen molar-refractivity contribution in [3.8, 4) is 0 Å². The summed E-state index contributed by atoms with van der Waals surface area (Å²) >= 11 is 6.10. The molecule has 1 amide bonds. The van der Waals surface area contributed by atoms with Gasteiger partial charge < -0.3 is 10.1 Å². The van der Waals surface area contributed by atoms with Gasteiger partial charge in [-0.1, -0.05) is 29.8 Å². The van der Waals surface area contributed by atoms with Crippen molar-refractivity contribution in [3.05, 3.63) is 70.2 Å². The second-order valence-corrected chi connectivity index (χ2v) is 6.34. The highest BCUT2D eigenvalue weighted by molar-refractivity contribution is 6.33. The van der Waals surface area contributed by atoms with E-state index in [1.165, 1.54) is 19.2 Å². The molecule has 7 heteroatoms. The van der Waals surface area contributed by atoms with Gasteiger partial charge in [0.05, 0.1) is 18.7 Å². The highest BCUT2D eigenvalue weighted by Crippen LogP contribution is 2.31. The number of amides is 1. The van der Waals surface area contributed by atoms with E-state index in [2.05, 4.69) is 10.3 Å². The molecular weight excluding hydrogens is 359 g/mol. The SMILES string of the molecule is COC(=O)C1=C(NC(C)c2ccc(F)cc2)C2C=C(Cl)C=CC2=NC1=O. The lowest BCUT2D eigenvalue weighted by molar-refractivity contribution is -0.137. The minimum absolute atomic E-state index is 0.161. The Balaban J connectivity index is 2.02. The predicted octanol–water partition coefficient (Wildman–Crippen LogP) is 3.19. The number of ether oxygens (including phenoxy) is 1. The molecule has 0 radical (unpaired) electrons. The molecule has 0 saturated carbocycles. The van der Waals surface area contributed by atoms with Gasteiger partial charge in [-0.25, -0.2) is 14.2 Å². The molecule has 26 heavy (non-hydrogen) atoms. The zero-order valence-corrected chi connectivity index (χ0v) is 14.9. The maximum absolute atomic E-state index is 13.2. The monoisotopic (exact) mass is 374 g/mol. The highest BCUT2D eigenvalue weighted by atomic mass is 35.5. The number of hydrogen-bond donors (Lipinski definition) is 1. The van der Waals surface area contributed by atoms with Crippen LogP contribution >= 0.6 is 11.6 Å². The fourth-order valence-electron chi connectivity index (χ4n) is 2.88. The molecule has 2 atom stereocenters. The quantitative estimate of drug-likeness (QED) is 0.649. The normalized spacial score (nSPS) is 20.2. The molecule has 0 spiro atoms. The zero-order chi connectivity index (χ0) is 18.8. The summed E-state index contributed by atoms with van der Waals surface area (Å²) in [6, 6.07) is 5.67. The van der Waals surface area contributed by atoms with E-state index in [0.717, 1.165) is 5.56 Å². The molecular formula is C19H16ClFN2O3. The fourth-order valence-corrected chi connectivity index (χ4v) is 3.07. The number of hydrogen-bond acceptors (Lipinski definition) is 4. The van der Waals surface area contributed by atoms with Crippen molar-refractivity contribution in [2.24, 2.45) is 10.9 Å². The second-order valence-electron chi connectivity index (χ2n) is 5.90.